The van der Waals surface area contributed by atoms with E-state index in [1.165, 1.54) is 0 Å². The van der Waals surface area contributed by atoms with E-state index in [0.717, 1.165) is 29.7 Å². The fourth-order valence-corrected chi connectivity index (χ4v) is 2.21. The van der Waals surface area contributed by atoms with Crippen molar-refractivity contribution < 1.29 is 4.52 Å². The molecule has 0 aliphatic carbocycles. The Morgan fingerprint density at radius 2 is 2.05 bits per heavy atom. The second-order valence-corrected chi connectivity index (χ2v) is 5.53. The molecule has 1 unspecified atom stereocenters. The number of halogens is 2. The van der Waals surface area contributed by atoms with E-state index in [4.69, 9.17) is 33.5 Å². The van der Waals surface area contributed by atoms with Crippen LogP contribution in [0, 0.1) is 5.92 Å². The first-order valence-corrected chi connectivity index (χ1v) is 6.98. The molecule has 5 heteroatoms. The van der Waals surface area contributed by atoms with E-state index in [1.807, 2.05) is 6.07 Å². The van der Waals surface area contributed by atoms with Crippen molar-refractivity contribution in [1.29, 1.82) is 0 Å². The highest BCUT2D eigenvalue weighted by molar-refractivity contribution is 6.42. The summed E-state index contributed by atoms with van der Waals surface area (Å²) in [5.41, 5.74) is 8.44. The van der Waals surface area contributed by atoms with Gasteiger partial charge < -0.3 is 10.3 Å². The lowest BCUT2D eigenvalue weighted by atomic mass is 9.97. The number of nitrogen functional groups attached to an aromatic ring is 1. The van der Waals surface area contributed by atoms with Crippen molar-refractivity contribution in [3.05, 3.63) is 33.9 Å². The number of hydrogen-bond donors (Lipinski definition) is 1. The van der Waals surface area contributed by atoms with E-state index in [0.29, 0.717) is 21.8 Å². The Bertz CT molecular complexity index is 581. The summed E-state index contributed by atoms with van der Waals surface area (Å²) in [6.07, 6.45) is 1.90. The topological polar surface area (TPSA) is 52.0 Å². The van der Waals surface area contributed by atoms with Gasteiger partial charge in [-0.25, -0.2) is 0 Å². The van der Waals surface area contributed by atoms with Crippen LogP contribution in [0.25, 0.3) is 11.1 Å². The highest BCUT2D eigenvalue weighted by Crippen LogP contribution is 2.35. The Kier molecular flexibility index (Phi) is 4.38. The molecule has 2 rings (SSSR count). The lowest BCUT2D eigenvalue weighted by Crippen LogP contribution is -2.00. The molecule has 0 fully saturated rings. The molecule has 0 aliphatic rings. The molecule has 0 radical (unpaired) electrons. The summed E-state index contributed by atoms with van der Waals surface area (Å²) in [6.45, 7) is 4.32. The minimum atomic E-state index is 0.316. The van der Waals surface area contributed by atoms with Gasteiger partial charge >= 0.3 is 0 Å². The Morgan fingerprint density at radius 1 is 1.32 bits per heavy atom. The van der Waals surface area contributed by atoms with Gasteiger partial charge in [-0.2, -0.15) is 0 Å². The van der Waals surface area contributed by atoms with Crippen molar-refractivity contribution in [3.63, 3.8) is 0 Å². The Morgan fingerprint density at radius 3 is 2.68 bits per heavy atom. The second-order valence-electron chi connectivity index (χ2n) is 4.71. The molecule has 3 nitrogen and oxygen atoms in total. The third kappa shape index (κ3) is 3.04. The van der Waals surface area contributed by atoms with Gasteiger partial charge in [-0.1, -0.05) is 54.7 Å². The highest BCUT2D eigenvalue weighted by Gasteiger charge is 2.18. The normalized spacial score (nSPS) is 12.6. The monoisotopic (exact) mass is 298 g/mol. The maximum Gasteiger partial charge on any atom is 0.230 e. The smallest absolute Gasteiger partial charge is 0.230 e. The molecule has 0 saturated heterocycles. The number of nitrogens with two attached hydrogens (primary N) is 1. The first-order valence-electron chi connectivity index (χ1n) is 6.22. The van der Waals surface area contributed by atoms with E-state index in [9.17, 15) is 0 Å². The molecular weight excluding hydrogens is 283 g/mol. The Balaban J connectivity index is 2.43. The number of nitrogens with zero attached hydrogens (tertiary/aromatic N) is 1. The van der Waals surface area contributed by atoms with Crippen LogP contribution >= 0.6 is 23.2 Å². The number of aromatic nitrogens is 1. The molecule has 1 aromatic heterocycles. The predicted octanol–water partition coefficient (Wildman–Crippen LogP) is 4.82. The zero-order chi connectivity index (χ0) is 14.0. The van der Waals surface area contributed by atoms with Crippen LogP contribution in [0.2, 0.25) is 10.0 Å². The molecule has 0 bridgehead atoms. The van der Waals surface area contributed by atoms with Gasteiger partial charge in [0.2, 0.25) is 5.88 Å². The van der Waals surface area contributed by atoms with Crippen molar-refractivity contribution in [1.82, 2.24) is 5.16 Å². The first kappa shape index (κ1) is 14.2. The molecule has 1 heterocycles. The number of benzene rings is 1. The van der Waals surface area contributed by atoms with E-state index >= 15 is 0 Å². The number of rotatable bonds is 4. The molecule has 19 heavy (non-hydrogen) atoms. The highest BCUT2D eigenvalue weighted by atomic mass is 35.5. The van der Waals surface area contributed by atoms with Crippen molar-refractivity contribution in [2.45, 2.75) is 26.7 Å². The molecule has 2 N–H and O–H groups in total. The van der Waals surface area contributed by atoms with Crippen molar-refractivity contribution in [3.8, 4) is 11.1 Å². The summed E-state index contributed by atoms with van der Waals surface area (Å²) in [4.78, 5) is 0. The van der Waals surface area contributed by atoms with Gasteiger partial charge in [0.1, 0.15) is 0 Å². The van der Waals surface area contributed by atoms with Gasteiger partial charge in [-0.05, 0) is 30.0 Å². The maximum atomic E-state index is 6.04. The number of anilines is 1. The van der Waals surface area contributed by atoms with Crippen LogP contribution in [0.5, 0.6) is 0 Å². The van der Waals surface area contributed by atoms with Crippen LogP contribution in [0.4, 0.5) is 5.88 Å². The molecule has 1 atom stereocenters. The van der Waals surface area contributed by atoms with Crippen molar-refractivity contribution in [2.75, 3.05) is 5.73 Å². The van der Waals surface area contributed by atoms with Gasteiger partial charge in [0, 0.05) is 0 Å². The minimum absolute atomic E-state index is 0.316. The van der Waals surface area contributed by atoms with E-state index in [2.05, 4.69) is 19.0 Å². The lowest BCUT2D eigenvalue weighted by Gasteiger charge is -2.08. The summed E-state index contributed by atoms with van der Waals surface area (Å²) >= 11 is 12.0. The molecule has 102 valence electrons. The van der Waals surface area contributed by atoms with Gasteiger partial charge in [0.15, 0.2) is 0 Å². The zero-order valence-electron chi connectivity index (χ0n) is 10.9. The van der Waals surface area contributed by atoms with Crippen molar-refractivity contribution >= 4 is 29.1 Å². The summed E-state index contributed by atoms with van der Waals surface area (Å²) in [5, 5.41) is 5.07. The lowest BCUT2D eigenvalue weighted by molar-refractivity contribution is 0.418. The molecule has 0 saturated carbocycles. The quantitative estimate of drug-likeness (QED) is 0.880. The van der Waals surface area contributed by atoms with Gasteiger partial charge in [0.05, 0.1) is 21.3 Å². The Labute approximate surface area is 122 Å². The third-order valence-electron chi connectivity index (χ3n) is 3.24. The summed E-state index contributed by atoms with van der Waals surface area (Å²) in [6, 6.07) is 5.41. The third-order valence-corrected chi connectivity index (χ3v) is 3.98. The largest absolute Gasteiger partial charge is 0.367 e. The molecular formula is C14H16Cl2N2O. The molecule has 0 amide bonds. The van der Waals surface area contributed by atoms with Crippen molar-refractivity contribution in [2.24, 2.45) is 5.92 Å². The fourth-order valence-electron chi connectivity index (χ4n) is 1.91. The zero-order valence-corrected chi connectivity index (χ0v) is 12.4. The van der Waals surface area contributed by atoms with Crippen LogP contribution in [-0.2, 0) is 6.42 Å². The summed E-state index contributed by atoms with van der Waals surface area (Å²) in [5.74, 6) is 0.836. The van der Waals surface area contributed by atoms with Crippen LogP contribution in [0.1, 0.15) is 26.0 Å². The predicted molar refractivity (Wildman–Crippen MR) is 79.5 cm³/mol. The molecule has 2 aromatic rings. The average molecular weight is 299 g/mol. The van der Waals surface area contributed by atoms with E-state index < -0.39 is 0 Å². The van der Waals surface area contributed by atoms with Crippen LogP contribution in [0.3, 0.4) is 0 Å². The summed E-state index contributed by atoms with van der Waals surface area (Å²) in [7, 11) is 0. The maximum absolute atomic E-state index is 6.04. The molecule has 0 spiro atoms. The number of hydrogen-bond acceptors (Lipinski definition) is 3. The summed E-state index contributed by atoms with van der Waals surface area (Å²) < 4.78 is 5.12. The van der Waals surface area contributed by atoms with E-state index in [-0.39, 0.29) is 0 Å². The van der Waals surface area contributed by atoms with Crippen LogP contribution in [-0.4, -0.2) is 5.16 Å². The van der Waals surface area contributed by atoms with Crippen LogP contribution < -0.4 is 5.73 Å². The fraction of sp³-hybridized carbons (Fsp3) is 0.357. The van der Waals surface area contributed by atoms with Crippen LogP contribution in [0.15, 0.2) is 22.7 Å². The molecule has 0 aliphatic heterocycles. The SMILES string of the molecule is CCC(C)Cc1noc(N)c1-c1ccc(Cl)c(Cl)c1. The second kappa shape index (κ2) is 5.85. The first-order chi connectivity index (χ1) is 9.02. The van der Waals surface area contributed by atoms with E-state index in [1.54, 1.807) is 12.1 Å². The van der Waals surface area contributed by atoms with Gasteiger partial charge in [0.25, 0.3) is 0 Å². The minimum Gasteiger partial charge on any atom is -0.367 e. The van der Waals surface area contributed by atoms with Gasteiger partial charge in [-0.3, -0.25) is 0 Å². The molecule has 1 aromatic carbocycles. The Hall–Kier alpha value is -1.19. The average Bonchev–Trinajstić information content (AvgIpc) is 2.74. The standard InChI is InChI=1S/C14H16Cl2N2O/c1-3-8(2)6-12-13(14(17)19-18-12)9-4-5-10(15)11(16)7-9/h4-5,7-8H,3,6,17H2,1-2H3. The van der Waals surface area contributed by atoms with Gasteiger partial charge in [-0.15, -0.1) is 0 Å².